The molecule has 0 atom stereocenters. The van der Waals surface area contributed by atoms with E-state index in [1.807, 2.05) is 18.2 Å². The third kappa shape index (κ3) is 5.49. The Labute approximate surface area is 161 Å². The zero-order valence-electron chi connectivity index (χ0n) is 14.9. The predicted octanol–water partition coefficient (Wildman–Crippen LogP) is 3.56. The van der Waals surface area contributed by atoms with E-state index >= 15 is 0 Å². The van der Waals surface area contributed by atoms with Gasteiger partial charge in [0, 0.05) is 11.6 Å². The zero-order chi connectivity index (χ0) is 18.9. The van der Waals surface area contributed by atoms with Crippen molar-refractivity contribution >= 4 is 28.1 Å². The van der Waals surface area contributed by atoms with Crippen LogP contribution in [0.25, 0.3) is 0 Å². The van der Waals surface area contributed by atoms with Crippen molar-refractivity contribution < 1.29 is 19.0 Å². The van der Waals surface area contributed by atoms with Crippen LogP contribution in [0.1, 0.15) is 18.1 Å². The zero-order valence-corrected chi connectivity index (χ0v) is 16.5. The number of nitrogens with one attached hydrogen (secondary N) is 1. The molecule has 0 heterocycles. The van der Waals surface area contributed by atoms with Crippen LogP contribution in [0.3, 0.4) is 0 Å². The van der Waals surface area contributed by atoms with Gasteiger partial charge in [-0.3, -0.25) is 4.79 Å². The maximum Gasteiger partial charge on any atom is 0.277 e. The molecule has 1 N–H and O–H groups in total. The van der Waals surface area contributed by atoms with Crippen LogP contribution in [0.4, 0.5) is 0 Å². The smallest absolute Gasteiger partial charge is 0.277 e. The Morgan fingerprint density at radius 1 is 1.15 bits per heavy atom. The van der Waals surface area contributed by atoms with E-state index in [9.17, 15) is 4.79 Å². The first-order valence-corrected chi connectivity index (χ1v) is 8.81. The fourth-order valence-electron chi connectivity index (χ4n) is 2.16. The number of hydrazone groups is 1. The number of aryl methyl sites for hydroxylation is 1. The van der Waals surface area contributed by atoms with Gasteiger partial charge >= 0.3 is 0 Å². The molecular weight excluding hydrogens is 400 g/mol. The van der Waals surface area contributed by atoms with Crippen molar-refractivity contribution in [3.8, 4) is 17.2 Å². The Balaban J connectivity index is 1.90. The van der Waals surface area contributed by atoms with Crippen LogP contribution in [-0.2, 0) is 11.2 Å². The standard InChI is InChI=1S/C19H21BrN2O4/c1-4-13-5-8-17(16(20)9-13)26-12-19(23)22-21-11-14-6-7-15(24-2)10-18(14)25-3/h5-11H,4,12H2,1-3H3,(H,22,23). The van der Waals surface area contributed by atoms with Crippen LogP contribution in [0.5, 0.6) is 17.2 Å². The fourth-order valence-corrected chi connectivity index (χ4v) is 2.70. The highest BCUT2D eigenvalue weighted by atomic mass is 79.9. The average molecular weight is 421 g/mol. The molecule has 0 aromatic heterocycles. The van der Waals surface area contributed by atoms with Crippen molar-refractivity contribution in [1.29, 1.82) is 0 Å². The highest BCUT2D eigenvalue weighted by Crippen LogP contribution is 2.26. The Kier molecular flexibility index (Phi) is 7.47. The first-order chi connectivity index (χ1) is 12.6. The highest BCUT2D eigenvalue weighted by Gasteiger charge is 2.06. The topological polar surface area (TPSA) is 69.2 Å². The monoisotopic (exact) mass is 420 g/mol. The van der Waals surface area contributed by atoms with Crippen molar-refractivity contribution in [2.75, 3.05) is 20.8 Å². The van der Waals surface area contributed by atoms with Gasteiger partial charge in [0.25, 0.3) is 5.91 Å². The number of benzene rings is 2. The number of hydrogen-bond donors (Lipinski definition) is 1. The summed E-state index contributed by atoms with van der Waals surface area (Å²) in [6, 6.07) is 11.1. The molecule has 7 heteroatoms. The molecule has 6 nitrogen and oxygen atoms in total. The minimum absolute atomic E-state index is 0.138. The number of hydrogen-bond acceptors (Lipinski definition) is 5. The molecule has 0 fully saturated rings. The van der Waals surface area contributed by atoms with E-state index in [1.165, 1.54) is 11.8 Å². The Bertz CT molecular complexity index is 793. The molecule has 0 aliphatic rings. The van der Waals surface area contributed by atoms with Crippen molar-refractivity contribution in [2.45, 2.75) is 13.3 Å². The third-order valence-corrected chi connectivity index (χ3v) is 4.22. The summed E-state index contributed by atoms with van der Waals surface area (Å²) in [7, 11) is 3.14. The molecule has 0 aliphatic heterocycles. The van der Waals surface area contributed by atoms with Gasteiger partial charge in [-0.1, -0.05) is 13.0 Å². The lowest BCUT2D eigenvalue weighted by Crippen LogP contribution is -2.24. The molecule has 0 radical (unpaired) electrons. The number of rotatable bonds is 8. The minimum atomic E-state index is -0.361. The summed E-state index contributed by atoms with van der Waals surface area (Å²) < 4.78 is 16.7. The van der Waals surface area contributed by atoms with Gasteiger partial charge in [0.2, 0.25) is 0 Å². The third-order valence-electron chi connectivity index (χ3n) is 3.60. The van der Waals surface area contributed by atoms with Gasteiger partial charge in [0.1, 0.15) is 17.2 Å². The second-order valence-corrected chi connectivity index (χ2v) is 6.16. The van der Waals surface area contributed by atoms with Crippen molar-refractivity contribution in [2.24, 2.45) is 5.10 Å². The molecule has 1 amide bonds. The molecule has 138 valence electrons. The molecule has 2 aromatic rings. The van der Waals surface area contributed by atoms with Gasteiger partial charge < -0.3 is 14.2 Å². The van der Waals surface area contributed by atoms with Crippen LogP contribution >= 0.6 is 15.9 Å². The second kappa shape index (κ2) is 9.82. The summed E-state index contributed by atoms with van der Waals surface area (Å²) in [5, 5.41) is 3.93. The van der Waals surface area contributed by atoms with Crippen molar-refractivity contribution in [3.63, 3.8) is 0 Å². The summed E-state index contributed by atoms with van der Waals surface area (Å²) >= 11 is 3.44. The van der Waals surface area contributed by atoms with Crippen molar-refractivity contribution in [1.82, 2.24) is 5.43 Å². The number of carbonyl (C=O) groups excluding carboxylic acids is 1. The lowest BCUT2D eigenvalue weighted by molar-refractivity contribution is -0.123. The number of amides is 1. The van der Waals surface area contributed by atoms with E-state index in [-0.39, 0.29) is 12.5 Å². The molecule has 0 aliphatic carbocycles. The van der Waals surface area contributed by atoms with Crippen LogP contribution in [0.15, 0.2) is 46.0 Å². The van der Waals surface area contributed by atoms with E-state index in [2.05, 4.69) is 33.4 Å². The normalized spacial score (nSPS) is 10.6. The molecule has 2 aromatic carbocycles. The number of nitrogens with zero attached hydrogens (tertiary/aromatic N) is 1. The molecule has 2 rings (SSSR count). The maximum atomic E-state index is 11.9. The van der Waals surface area contributed by atoms with Gasteiger partial charge in [-0.15, -0.1) is 0 Å². The molecule has 0 unspecified atom stereocenters. The van der Waals surface area contributed by atoms with Crippen molar-refractivity contribution in [3.05, 3.63) is 52.0 Å². The van der Waals surface area contributed by atoms with Gasteiger partial charge in [0.15, 0.2) is 6.61 Å². The Hall–Kier alpha value is -2.54. The molecule has 0 bridgehead atoms. The second-order valence-electron chi connectivity index (χ2n) is 5.31. The summed E-state index contributed by atoms with van der Waals surface area (Å²) in [6.45, 7) is 1.94. The van der Waals surface area contributed by atoms with E-state index in [4.69, 9.17) is 14.2 Å². The van der Waals surface area contributed by atoms with Gasteiger partial charge in [0.05, 0.1) is 24.9 Å². The van der Waals surface area contributed by atoms with E-state index in [1.54, 1.807) is 32.4 Å². The summed E-state index contributed by atoms with van der Waals surface area (Å²) in [4.78, 5) is 11.9. The van der Waals surface area contributed by atoms with Gasteiger partial charge in [-0.05, 0) is 52.2 Å². The first-order valence-electron chi connectivity index (χ1n) is 8.02. The lowest BCUT2D eigenvalue weighted by Gasteiger charge is -2.09. The number of methoxy groups -OCH3 is 2. The SMILES string of the molecule is CCc1ccc(OCC(=O)NN=Cc2ccc(OC)cc2OC)c(Br)c1. The quantitative estimate of drug-likeness (QED) is 0.523. The maximum absolute atomic E-state index is 11.9. The van der Waals surface area contributed by atoms with Gasteiger partial charge in [-0.25, -0.2) is 5.43 Å². The number of ether oxygens (including phenoxy) is 3. The first kappa shape index (κ1) is 19.8. The number of halogens is 1. The fraction of sp³-hybridized carbons (Fsp3) is 0.263. The predicted molar refractivity (Wildman–Crippen MR) is 104 cm³/mol. The van der Waals surface area contributed by atoms with E-state index < -0.39 is 0 Å². The van der Waals surface area contributed by atoms with Gasteiger partial charge in [-0.2, -0.15) is 5.10 Å². The molecule has 26 heavy (non-hydrogen) atoms. The van der Waals surface area contributed by atoms with Crippen LogP contribution in [0, 0.1) is 0 Å². The largest absolute Gasteiger partial charge is 0.497 e. The summed E-state index contributed by atoms with van der Waals surface area (Å²) in [6.07, 6.45) is 2.44. The molecular formula is C19H21BrN2O4. The summed E-state index contributed by atoms with van der Waals surface area (Å²) in [5.74, 6) is 1.52. The highest BCUT2D eigenvalue weighted by molar-refractivity contribution is 9.10. The van der Waals surface area contributed by atoms with E-state index in [0.29, 0.717) is 22.8 Å². The number of carbonyl (C=O) groups is 1. The molecule has 0 saturated carbocycles. The average Bonchev–Trinajstić information content (AvgIpc) is 2.67. The minimum Gasteiger partial charge on any atom is -0.497 e. The Morgan fingerprint density at radius 2 is 1.96 bits per heavy atom. The molecule has 0 saturated heterocycles. The van der Waals surface area contributed by atoms with E-state index in [0.717, 1.165) is 10.9 Å². The Morgan fingerprint density at radius 3 is 2.62 bits per heavy atom. The summed E-state index contributed by atoms with van der Waals surface area (Å²) in [5.41, 5.74) is 4.33. The molecule has 0 spiro atoms. The van der Waals surface area contributed by atoms with Crippen LogP contribution in [-0.4, -0.2) is 32.9 Å². The van der Waals surface area contributed by atoms with Crippen LogP contribution in [0.2, 0.25) is 0 Å². The van der Waals surface area contributed by atoms with Crippen LogP contribution < -0.4 is 19.6 Å². The lowest BCUT2D eigenvalue weighted by atomic mass is 10.2.